The first-order chi connectivity index (χ1) is 10.8. The molecule has 1 aromatic carbocycles. The summed E-state index contributed by atoms with van der Waals surface area (Å²) in [5, 5.41) is 9.09. The molecule has 1 aliphatic rings. The summed E-state index contributed by atoms with van der Waals surface area (Å²) in [5.41, 5.74) is 2.56. The molecule has 4 heteroatoms. The zero-order chi connectivity index (χ0) is 17.0. The summed E-state index contributed by atoms with van der Waals surface area (Å²) in [6.07, 6.45) is 4.02. The second-order valence-corrected chi connectivity index (χ2v) is 6.91. The fourth-order valence-electron chi connectivity index (χ4n) is 2.58. The van der Waals surface area contributed by atoms with Gasteiger partial charge in [0, 0.05) is 13.1 Å². The van der Waals surface area contributed by atoms with Crippen molar-refractivity contribution in [3.05, 3.63) is 40.6 Å². The molecule has 23 heavy (non-hydrogen) atoms. The van der Waals surface area contributed by atoms with E-state index in [4.69, 9.17) is 10.00 Å². The maximum atomic E-state index is 12.6. The maximum absolute atomic E-state index is 12.6. The van der Waals surface area contributed by atoms with Crippen LogP contribution in [-0.2, 0) is 9.53 Å². The highest BCUT2D eigenvalue weighted by Crippen LogP contribution is 2.23. The largest absolute Gasteiger partial charge is 0.455 e. The summed E-state index contributed by atoms with van der Waals surface area (Å²) in [5.74, 6) is -0.304. The van der Waals surface area contributed by atoms with Crippen LogP contribution in [0, 0.1) is 18.3 Å². The van der Waals surface area contributed by atoms with Gasteiger partial charge in [-0.15, -0.1) is 0 Å². The molecule has 0 aromatic heterocycles. The minimum Gasteiger partial charge on any atom is -0.455 e. The number of aryl methyl sites for hydroxylation is 1. The summed E-state index contributed by atoms with van der Waals surface area (Å²) >= 11 is 0. The first-order valence-corrected chi connectivity index (χ1v) is 8.01. The van der Waals surface area contributed by atoms with Crippen molar-refractivity contribution in [1.29, 1.82) is 5.26 Å². The van der Waals surface area contributed by atoms with E-state index in [1.807, 2.05) is 45.9 Å². The van der Waals surface area contributed by atoms with Gasteiger partial charge in [-0.05, 0) is 69.9 Å². The average molecular weight is 312 g/mol. The Morgan fingerprint density at radius 3 is 2.52 bits per heavy atom. The molecule has 0 bridgehead atoms. The monoisotopic (exact) mass is 312 g/mol. The number of nitrogens with zero attached hydrogens (tertiary/aromatic N) is 2. The molecule has 1 heterocycles. The maximum Gasteiger partial charge on any atom is 0.355 e. The van der Waals surface area contributed by atoms with Crippen LogP contribution >= 0.6 is 0 Å². The number of nitriles is 1. The Hall–Kier alpha value is -2.28. The summed E-state index contributed by atoms with van der Waals surface area (Å²) < 4.78 is 5.57. The number of carbonyl (C=O) groups is 1. The third kappa shape index (κ3) is 4.59. The molecule has 0 radical (unpaired) electrons. The lowest BCUT2D eigenvalue weighted by Gasteiger charge is -2.25. The summed E-state index contributed by atoms with van der Waals surface area (Å²) in [7, 11) is 0. The van der Waals surface area contributed by atoms with Crippen LogP contribution in [0.15, 0.2) is 23.9 Å². The standard InChI is InChI=1S/C19H24N2O2/c1-14-7-8-15(13-20)11-16(14)12-17(21-9-5-6-10-21)18(22)23-19(2,3)4/h7-8,11-12H,5-6,9-10H2,1-4H3. The van der Waals surface area contributed by atoms with Gasteiger partial charge in [0.1, 0.15) is 11.3 Å². The fourth-order valence-corrected chi connectivity index (χ4v) is 2.58. The molecule has 0 unspecified atom stereocenters. The highest BCUT2D eigenvalue weighted by Gasteiger charge is 2.26. The summed E-state index contributed by atoms with van der Waals surface area (Å²) in [6.45, 7) is 9.31. The van der Waals surface area contributed by atoms with Gasteiger partial charge in [-0.25, -0.2) is 4.79 Å². The second kappa shape index (κ2) is 6.87. The first kappa shape index (κ1) is 17.1. The number of ether oxygens (including phenoxy) is 1. The Kier molecular flexibility index (Phi) is 5.10. The van der Waals surface area contributed by atoms with E-state index >= 15 is 0 Å². The smallest absolute Gasteiger partial charge is 0.355 e. The van der Waals surface area contributed by atoms with Crippen molar-refractivity contribution in [2.24, 2.45) is 0 Å². The SMILES string of the molecule is Cc1ccc(C#N)cc1C=C(C(=O)OC(C)(C)C)N1CCCC1. The fraction of sp³-hybridized carbons (Fsp3) is 0.474. The lowest BCUT2D eigenvalue weighted by Crippen LogP contribution is -2.31. The predicted molar refractivity (Wildman–Crippen MR) is 90.5 cm³/mol. The Morgan fingerprint density at radius 1 is 1.30 bits per heavy atom. The second-order valence-electron chi connectivity index (χ2n) is 6.91. The van der Waals surface area contributed by atoms with Crippen molar-refractivity contribution in [3.63, 3.8) is 0 Å². The number of carbonyl (C=O) groups excluding carboxylic acids is 1. The summed E-state index contributed by atoms with van der Waals surface area (Å²) in [4.78, 5) is 14.7. The van der Waals surface area contributed by atoms with Gasteiger partial charge in [-0.2, -0.15) is 5.26 Å². The van der Waals surface area contributed by atoms with Crippen molar-refractivity contribution in [2.45, 2.75) is 46.1 Å². The zero-order valence-corrected chi connectivity index (χ0v) is 14.3. The lowest BCUT2D eigenvalue weighted by atomic mass is 10.0. The lowest BCUT2D eigenvalue weighted by molar-refractivity contribution is -0.151. The highest BCUT2D eigenvalue weighted by molar-refractivity contribution is 5.93. The van der Waals surface area contributed by atoms with Crippen LogP contribution in [0.25, 0.3) is 6.08 Å². The van der Waals surface area contributed by atoms with E-state index in [-0.39, 0.29) is 5.97 Å². The number of hydrogen-bond donors (Lipinski definition) is 0. The van der Waals surface area contributed by atoms with Crippen molar-refractivity contribution < 1.29 is 9.53 Å². The molecule has 1 aromatic rings. The first-order valence-electron chi connectivity index (χ1n) is 8.01. The number of esters is 1. The molecule has 0 aliphatic carbocycles. The molecular formula is C19H24N2O2. The van der Waals surface area contributed by atoms with Crippen molar-refractivity contribution in [3.8, 4) is 6.07 Å². The topological polar surface area (TPSA) is 53.3 Å². The van der Waals surface area contributed by atoms with Gasteiger partial charge in [0.05, 0.1) is 11.6 Å². The van der Waals surface area contributed by atoms with Crippen molar-refractivity contribution >= 4 is 12.0 Å². The predicted octanol–water partition coefficient (Wildman–Crippen LogP) is 3.65. The molecule has 4 nitrogen and oxygen atoms in total. The third-order valence-electron chi connectivity index (χ3n) is 3.76. The molecule has 0 atom stereocenters. The van der Waals surface area contributed by atoms with E-state index in [1.54, 1.807) is 6.07 Å². The normalized spacial score (nSPS) is 15.4. The molecule has 122 valence electrons. The molecule has 0 amide bonds. The molecule has 1 aliphatic heterocycles. The molecule has 0 saturated carbocycles. The van der Waals surface area contributed by atoms with Gasteiger partial charge in [-0.3, -0.25) is 0 Å². The van der Waals surface area contributed by atoms with Crippen molar-refractivity contribution in [2.75, 3.05) is 13.1 Å². The molecule has 1 fully saturated rings. The van der Waals surface area contributed by atoms with E-state index in [9.17, 15) is 4.79 Å². The molecule has 2 rings (SSSR count). The Balaban J connectivity index is 2.41. The van der Waals surface area contributed by atoms with Crippen LogP contribution in [0.2, 0.25) is 0 Å². The quantitative estimate of drug-likeness (QED) is 0.631. The molecule has 0 spiro atoms. The van der Waals surface area contributed by atoms with Crippen LogP contribution in [0.1, 0.15) is 50.3 Å². The van der Waals surface area contributed by atoms with Gasteiger partial charge in [0.25, 0.3) is 0 Å². The third-order valence-corrected chi connectivity index (χ3v) is 3.76. The number of rotatable bonds is 3. The number of benzene rings is 1. The minimum absolute atomic E-state index is 0.304. The Morgan fingerprint density at radius 2 is 1.96 bits per heavy atom. The van der Waals surface area contributed by atoms with E-state index in [0.717, 1.165) is 37.1 Å². The van der Waals surface area contributed by atoms with Crippen LogP contribution in [0.4, 0.5) is 0 Å². The number of hydrogen-bond acceptors (Lipinski definition) is 4. The van der Waals surface area contributed by atoms with Crippen LogP contribution in [-0.4, -0.2) is 29.6 Å². The highest BCUT2D eigenvalue weighted by atomic mass is 16.6. The molecule has 1 saturated heterocycles. The summed E-state index contributed by atoms with van der Waals surface area (Å²) in [6, 6.07) is 7.65. The van der Waals surface area contributed by atoms with Gasteiger partial charge in [0.15, 0.2) is 0 Å². The Labute approximate surface area is 138 Å². The van der Waals surface area contributed by atoms with Gasteiger partial charge < -0.3 is 9.64 Å². The van der Waals surface area contributed by atoms with E-state index in [2.05, 4.69) is 11.0 Å². The molecule has 0 N–H and O–H groups in total. The number of likely N-dealkylation sites (tertiary alicyclic amines) is 1. The molecular weight excluding hydrogens is 288 g/mol. The Bertz CT molecular complexity index is 657. The van der Waals surface area contributed by atoms with Crippen LogP contribution in [0.3, 0.4) is 0 Å². The average Bonchev–Trinajstić information content (AvgIpc) is 2.98. The van der Waals surface area contributed by atoms with Gasteiger partial charge in [0.2, 0.25) is 0 Å². The van der Waals surface area contributed by atoms with Crippen molar-refractivity contribution in [1.82, 2.24) is 4.90 Å². The van der Waals surface area contributed by atoms with E-state index in [1.165, 1.54) is 0 Å². The van der Waals surface area contributed by atoms with Crippen LogP contribution in [0.5, 0.6) is 0 Å². The zero-order valence-electron chi connectivity index (χ0n) is 14.3. The van der Waals surface area contributed by atoms with E-state index < -0.39 is 5.60 Å². The van der Waals surface area contributed by atoms with Crippen LogP contribution < -0.4 is 0 Å². The van der Waals surface area contributed by atoms with E-state index in [0.29, 0.717) is 11.3 Å². The van der Waals surface area contributed by atoms with Gasteiger partial charge >= 0.3 is 5.97 Å². The minimum atomic E-state index is -0.528. The van der Waals surface area contributed by atoms with Gasteiger partial charge in [-0.1, -0.05) is 6.07 Å².